The highest BCUT2D eigenvalue weighted by Crippen LogP contribution is 2.24. The van der Waals surface area contributed by atoms with Gasteiger partial charge in [0.15, 0.2) is 0 Å². The molecule has 1 aromatic rings. The van der Waals surface area contributed by atoms with Crippen LogP contribution in [0.5, 0.6) is 5.75 Å². The lowest BCUT2D eigenvalue weighted by molar-refractivity contribution is -0.120. The monoisotopic (exact) mass is 245 g/mol. The zero-order valence-corrected chi connectivity index (χ0v) is 10.6. The summed E-state index contributed by atoms with van der Waals surface area (Å²) in [6.07, 6.45) is 1.44. The highest BCUT2D eigenvalue weighted by molar-refractivity contribution is 6.30. The predicted molar refractivity (Wildman–Crippen MR) is 68.5 cm³/mol. The molecule has 0 atom stereocenters. The maximum absolute atomic E-state index is 11.8. The first-order chi connectivity index (χ1) is 8.49. The van der Waals surface area contributed by atoms with Gasteiger partial charge in [-0.05, 0) is 45.0 Å². The van der Waals surface area contributed by atoms with Crippen molar-refractivity contribution < 1.29 is 14.3 Å². The first-order valence-electron chi connectivity index (χ1n) is 5.82. The molecular weight excluding hydrogens is 230 g/mol. The Hall–Kier alpha value is -2.10. The minimum atomic E-state index is -0.296. The van der Waals surface area contributed by atoms with E-state index in [0.29, 0.717) is 11.3 Å². The molecule has 18 heavy (non-hydrogen) atoms. The first kappa shape index (κ1) is 12.4. The average Bonchev–Trinajstić information content (AvgIpc) is 2.54. The molecule has 0 N–H and O–H groups in total. The molecule has 1 aromatic carbocycles. The van der Waals surface area contributed by atoms with Crippen molar-refractivity contribution in [2.45, 2.75) is 26.9 Å². The maximum atomic E-state index is 11.8. The van der Waals surface area contributed by atoms with Crippen LogP contribution >= 0.6 is 0 Å². The molecule has 2 rings (SSSR count). The number of imide groups is 1. The smallest absolute Gasteiger partial charge is 0.261 e. The summed E-state index contributed by atoms with van der Waals surface area (Å²) in [4.78, 5) is 24.6. The highest BCUT2D eigenvalue weighted by atomic mass is 16.5. The fraction of sp³-hybridized carbons (Fsp3) is 0.286. The van der Waals surface area contributed by atoms with E-state index in [1.165, 1.54) is 6.08 Å². The molecule has 0 aromatic heterocycles. The molecule has 1 aliphatic rings. The van der Waals surface area contributed by atoms with Crippen molar-refractivity contribution in [1.29, 1.82) is 0 Å². The van der Waals surface area contributed by atoms with Crippen LogP contribution < -0.4 is 9.64 Å². The van der Waals surface area contributed by atoms with Crippen molar-refractivity contribution >= 4 is 17.5 Å². The number of nitrogens with zero attached hydrogens (tertiary/aromatic N) is 1. The summed E-state index contributed by atoms with van der Waals surface area (Å²) in [5, 5.41) is 0. The molecule has 0 saturated heterocycles. The van der Waals surface area contributed by atoms with E-state index in [9.17, 15) is 9.59 Å². The molecule has 4 heteroatoms. The van der Waals surface area contributed by atoms with Crippen LogP contribution in [-0.2, 0) is 9.59 Å². The van der Waals surface area contributed by atoms with E-state index in [1.54, 1.807) is 31.2 Å². The van der Waals surface area contributed by atoms with Gasteiger partial charge in [-0.3, -0.25) is 9.59 Å². The van der Waals surface area contributed by atoms with Crippen LogP contribution in [0.2, 0.25) is 0 Å². The van der Waals surface area contributed by atoms with Crippen molar-refractivity contribution in [3.05, 3.63) is 35.9 Å². The Morgan fingerprint density at radius 3 is 2.17 bits per heavy atom. The van der Waals surface area contributed by atoms with E-state index in [4.69, 9.17) is 4.74 Å². The minimum absolute atomic E-state index is 0.0924. The van der Waals surface area contributed by atoms with Crippen LogP contribution in [0.15, 0.2) is 35.9 Å². The second kappa shape index (κ2) is 4.64. The Balaban J connectivity index is 2.21. The van der Waals surface area contributed by atoms with Gasteiger partial charge in [-0.2, -0.15) is 0 Å². The largest absolute Gasteiger partial charge is 0.491 e. The van der Waals surface area contributed by atoms with Crippen molar-refractivity contribution in [1.82, 2.24) is 0 Å². The summed E-state index contributed by atoms with van der Waals surface area (Å²) < 4.78 is 5.51. The van der Waals surface area contributed by atoms with Crippen molar-refractivity contribution in [3.8, 4) is 5.75 Å². The molecule has 0 aliphatic carbocycles. The Morgan fingerprint density at radius 2 is 1.72 bits per heavy atom. The second-order valence-electron chi connectivity index (χ2n) is 4.47. The number of anilines is 1. The van der Waals surface area contributed by atoms with Crippen LogP contribution in [0.4, 0.5) is 5.69 Å². The molecular formula is C14H15NO3. The van der Waals surface area contributed by atoms with E-state index >= 15 is 0 Å². The van der Waals surface area contributed by atoms with Crippen molar-refractivity contribution in [2.75, 3.05) is 4.90 Å². The Bertz CT molecular complexity index is 514. The quantitative estimate of drug-likeness (QED) is 0.767. The van der Waals surface area contributed by atoms with E-state index in [1.807, 2.05) is 13.8 Å². The summed E-state index contributed by atoms with van der Waals surface area (Å²) in [6.45, 7) is 5.51. The highest BCUT2D eigenvalue weighted by Gasteiger charge is 2.29. The molecule has 0 radical (unpaired) electrons. The Kier molecular flexibility index (Phi) is 3.19. The normalized spacial score (nSPS) is 15.3. The number of carbonyl (C=O) groups excluding carboxylic acids is 2. The number of amides is 2. The van der Waals surface area contributed by atoms with E-state index in [-0.39, 0.29) is 17.9 Å². The fourth-order valence-corrected chi connectivity index (χ4v) is 1.78. The molecule has 94 valence electrons. The third-order valence-corrected chi connectivity index (χ3v) is 2.57. The van der Waals surface area contributed by atoms with Crippen molar-refractivity contribution in [2.24, 2.45) is 0 Å². The van der Waals surface area contributed by atoms with Gasteiger partial charge in [0.2, 0.25) is 0 Å². The minimum Gasteiger partial charge on any atom is -0.491 e. The summed E-state index contributed by atoms with van der Waals surface area (Å²) in [5.74, 6) is 0.157. The van der Waals surface area contributed by atoms with Gasteiger partial charge < -0.3 is 4.74 Å². The lowest BCUT2D eigenvalue weighted by atomic mass is 10.2. The number of hydrogen-bond acceptors (Lipinski definition) is 3. The fourth-order valence-electron chi connectivity index (χ4n) is 1.78. The van der Waals surface area contributed by atoms with E-state index in [2.05, 4.69) is 0 Å². The van der Waals surface area contributed by atoms with Gasteiger partial charge in [-0.1, -0.05) is 0 Å². The molecule has 4 nitrogen and oxygen atoms in total. The summed E-state index contributed by atoms with van der Waals surface area (Å²) >= 11 is 0. The summed E-state index contributed by atoms with van der Waals surface area (Å²) in [7, 11) is 0. The average molecular weight is 245 g/mol. The van der Waals surface area contributed by atoms with Crippen LogP contribution in [0, 0.1) is 0 Å². The zero-order valence-electron chi connectivity index (χ0n) is 10.6. The second-order valence-corrected chi connectivity index (χ2v) is 4.47. The SMILES string of the molecule is CC1=CC(=O)N(c2ccc(OC(C)C)cc2)C1=O. The maximum Gasteiger partial charge on any atom is 0.261 e. The Labute approximate surface area is 106 Å². The van der Waals surface area contributed by atoms with Gasteiger partial charge in [-0.25, -0.2) is 4.90 Å². The molecule has 0 unspecified atom stereocenters. The van der Waals surface area contributed by atoms with E-state index in [0.717, 1.165) is 10.6 Å². The summed E-state index contributed by atoms with van der Waals surface area (Å²) in [5.41, 5.74) is 1.02. The number of rotatable bonds is 3. The number of benzene rings is 1. The molecule has 0 bridgehead atoms. The third-order valence-electron chi connectivity index (χ3n) is 2.57. The zero-order chi connectivity index (χ0) is 13.3. The van der Waals surface area contributed by atoms with Crippen LogP contribution in [-0.4, -0.2) is 17.9 Å². The number of hydrogen-bond donors (Lipinski definition) is 0. The topological polar surface area (TPSA) is 46.6 Å². The predicted octanol–water partition coefficient (Wildman–Crippen LogP) is 2.29. The van der Waals surface area contributed by atoms with Crippen LogP contribution in [0.1, 0.15) is 20.8 Å². The summed E-state index contributed by atoms with van der Waals surface area (Å²) in [6, 6.07) is 6.92. The molecule has 2 amide bonds. The van der Waals surface area contributed by atoms with E-state index < -0.39 is 0 Å². The number of carbonyl (C=O) groups is 2. The van der Waals surface area contributed by atoms with Gasteiger partial charge in [-0.15, -0.1) is 0 Å². The standard InChI is InChI=1S/C14H15NO3/c1-9(2)18-12-6-4-11(5-7-12)15-13(16)8-10(3)14(15)17/h4-9H,1-3H3. The van der Waals surface area contributed by atoms with Gasteiger partial charge in [0.1, 0.15) is 5.75 Å². The molecule has 0 saturated carbocycles. The van der Waals surface area contributed by atoms with Crippen LogP contribution in [0.25, 0.3) is 0 Å². The molecule has 1 aliphatic heterocycles. The first-order valence-corrected chi connectivity index (χ1v) is 5.82. The molecule has 1 heterocycles. The van der Waals surface area contributed by atoms with Gasteiger partial charge >= 0.3 is 0 Å². The Morgan fingerprint density at radius 1 is 1.11 bits per heavy atom. The van der Waals surface area contributed by atoms with Gasteiger partial charge in [0.25, 0.3) is 11.8 Å². The molecule has 0 fully saturated rings. The number of ether oxygens (including phenoxy) is 1. The lowest BCUT2D eigenvalue weighted by Gasteiger charge is -2.15. The van der Waals surface area contributed by atoms with Crippen LogP contribution in [0.3, 0.4) is 0 Å². The lowest BCUT2D eigenvalue weighted by Crippen LogP contribution is -2.30. The third kappa shape index (κ3) is 2.27. The van der Waals surface area contributed by atoms with Gasteiger partial charge in [0, 0.05) is 11.6 Å². The van der Waals surface area contributed by atoms with Gasteiger partial charge in [0.05, 0.1) is 11.8 Å². The van der Waals surface area contributed by atoms with Crippen molar-refractivity contribution in [3.63, 3.8) is 0 Å². The molecule has 0 spiro atoms.